The van der Waals surface area contributed by atoms with Crippen LogP contribution in [0.4, 0.5) is 0 Å². The van der Waals surface area contributed by atoms with Crippen LogP contribution in [-0.4, -0.2) is 25.4 Å². The van der Waals surface area contributed by atoms with Gasteiger partial charge in [0.2, 0.25) is 0 Å². The van der Waals surface area contributed by atoms with E-state index in [4.69, 9.17) is 0 Å². The molecule has 0 saturated heterocycles. The number of amides is 1. The minimum absolute atomic E-state index is 0.137. The summed E-state index contributed by atoms with van der Waals surface area (Å²) in [6.45, 7) is 4.29. The number of rotatable bonds is 4. The number of aromatic nitrogens is 4. The van der Waals surface area contributed by atoms with Gasteiger partial charge in [0.05, 0.1) is 16.8 Å². The van der Waals surface area contributed by atoms with Gasteiger partial charge in [-0.3, -0.25) is 14.3 Å². The number of carbonyl (C=O) groups excluding carboxylic acids is 1. The van der Waals surface area contributed by atoms with E-state index in [1.807, 2.05) is 61.0 Å². The summed E-state index contributed by atoms with van der Waals surface area (Å²) >= 11 is 0. The van der Waals surface area contributed by atoms with Crippen LogP contribution in [0.5, 0.6) is 0 Å². The highest BCUT2D eigenvalue weighted by Gasteiger charge is 2.12. The van der Waals surface area contributed by atoms with E-state index in [0.29, 0.717) is 12.1 Å². The lowest BCUT2D eigenvalue weighted by Crippen LogP contribution is -2.24. The molecular weight excluding hydrogens is 338 g/mol. The number of nitrogens with one attached hydrogen (secondary N) is 1. The maximum atomic E-state index is 12.6. The highest BCUT2D eigenvalue weighted by atomic mass is 16.1. The maximum absolute atomic E-state index is 12.6. The fraction of sp³-hybridized carbons (Fsp3) is 0.143. The summed E-state index contributed by atoms with van der Waals surface area (Å²) in [4.78, 5) is 25.6. The fourth-order valence-electron chi connectivity index (χ4n) is 2.97. The van der Waals surface area contributed by atoms with Crippen LogP contribution in [0, 0.1) is 13.8 Å². The first kappa shape index (κ1) is 16.9. The average molecular weight is 357 g/mol. The molecule has 0 saturated carbocycles. The highest BCUT2D eigenvalue weighted by Crippen LogP contribution is 2.18. The van der Waals surface area contributed by atoms with Crippen molar-refractivity contribution < 1.29 is 4.79 Å². The third-order valence-electron chi connectivity index (χ3n) is 4.44. The normalized spacial score (nSPS) is 10.9. The van der Waals surface area contributed by atoms with E-state index in [1.54, 1.807) is 18.7 Å². The van der Waals surface area contributed by atoms with E-state index in [-0.39, 0.29) is 5.91 Å². The van der Waals surface area contributed by atoms with E-state index >= 15 is 0 Å². The Kier molecular flexibility index (Phi) is 4.38. The van der Waals surface area contributed by atoms with Crippen molar-refractivity contribution in [1.82, 2.24) is 24.8 Å². The average Bonchev–Trinajstić information content (AvgIpc) is 3.21. The van der Waals surface area contributed by atoms with Gasteiger partial charge in [0.15, 0.2) is 0 Å². The minimum Gasteiger partial charge on any atom is -0.348 e. The van der Waals surface area contributed by atoms with Crippen LogP contribution < -0.4 is 5.32 Å². The van der Waals surface area contributed by atoms with Gasteiger partial charge in [-0.2, -0.15) is 0 Å². The molecule has 3 aromatic heterocycles. The van der Waals surface area contributed by atoms with E-state index in [9.17, 15) is 4.79 Å². The Labute approximate surface area is 156 Å². The van der Waals surface area contributed by atoms with Crippen molar-refractivity contribution in [2.45, 2.75) is 20.4 Å². The van der Waals surface area contributed by atoms with Crippen LogP contribution in [0.15, 0.2) is 61.3 Å². The second kappa shape index (κ2) is 6.99. The number of hydrogen-bond acceptors (Lipinski definition) is 4. The lowest BCUT2D eigenvalue weighted by atomic mass is 10.1. The third-order valence-corrected chi connectivity index (χ3v) is 4.44. The van der Waals surface area contributed by atoms with Crippen molar-refractivity contribution in [3.05, 3.63) is 83.7 Å². The minimum atomic E-state index is -0.137. The van der Waals surface area contributed by atoms with E-state index in [1.165, 1.54) is 0 Å². The molecule has 27 heavy (non-hydrogen) atoms. The summed E-state index contributed by atoms with van der Waals surface area (Å²) in [7, 11) is 0. The van der Waals surface area contributed by atoms with E-state index in [0.717, 1.165) is 33.5 Å². The lowest BCUT2D eigenvalue weighted by Gasteiger charge is -2.10. The Hall–Kier alpha value is -3.54. The molecule has 1 N–H and O–H groups in total. The quantitative estimate of drug-likeness (QED) is 0.608. The van der Waals surface area contributed by atoms with Crippen molar-refractivity contribution in [3.63, 3.8) is 0 Å². The molecule has 0 bridgehead atoms. The van der Waals surface area contributed by atoms with Crippen LogP contribution in [0.3, 0.4) is 0 Å². The second-order valence-corrected chi connectivity index (χ2v) is 6.49. The molecule has 0 spiro atoms. The van der Waals surface area contributed by atoms with Crippen LogP contribution in [0.25, 0.3) is 16.7 Å². The first-order chi connectivity index (χ1) is 13.1. The number of pyridine rings is 2. The van der Waals surface area contributed by atoms with Gasteiger partial charge in [-0.25, -0.2) is 9.97 Å². The first-order valence-corrected chi connectivity index (χ1v) is 8.69. The Morgan fingerprint density at radius 3 is 2.78 bits per heavy atom. The molecule has 1 aromatic carbocycles. The molecule has 1 amide bonds. The van der Waals surface area contributed by atoms with Gasteiger partial charge >= 0.3 is 0 Å². The van der Waals surface area contributed by atoms with Crippen LogP contribution in [0.2, 0.25) is 0 Å². The number of benzene rings is 1. The molecule has 0 atom stereocenters. The molecule has 6 nitrogen and oxygen atoms in total. The van der Waals surface area contributed by atoms with Crippen LogP contribution >= 0.6 is 0 Å². The van der Waals surface area contributed by atoms with Crippen molar-refractivity contribution in [1.29, 1.82) is 0 Å². The highest BCUT2D eigenvalue weighted by molar-refractivity contribution is 5.98. The van der Waals surface area contributed by atoms with Crippen LogP contribution in [-0.2, 0) is 6.54 Å². The smallest absolute Gasteiger partial charge is 0.253 e. The monoisotopic (exact) mass is 357 g/mol. The molecule has 0 unspecified atom stereocenters. The molecule has 0 aliphatic carbocycles. The maximum Gasteiger partial charge on any atom is 0.253 e. The Balaban J connectivity index is 1.49. The lowest BCUT2D eigenvalue weighted by molar-refractivity contribution is 0.0950. The van der Waals surface area contributed by atoms with Crippen molar-refractivity contribution in [2.75, 3.05) is 0 Å². The summed E-state index contributed by atoms with van der Waals surface area (Å²) in [6, 6.07) is 11.8. The van der Waals surface area contributed by atoms with Gasteiger partial charge in [0.25, 0.3) is 5.91 Å². The topological polar surface area (TPSA) is 72.7 Å². The Bertz CT molecular complexity index is 1100. The fourth-order valence-corrected chi connectivity index (χ4v) is 2.97. The zero-order chi connectivity index (χ0) is 18.8. The Morgan fingerprint density at radius 2 is 2.04 bits per heavy atom. The van der Waals surface area contributed by atoms with Gasteiger partial charge in [-0.05, 0) is 43.7 Å². The number of fused-ring (bicyclic) bond motifs is 1. The molecule has 0 aliphatic heterocycles. The molecular formula is C21H19N5O. The SMILES string of the molecule is Cc1ccc2nc(C)c(C(=O)NCc3ccc(-n4ccnc4)nc3)cc2c1. The number of hydrogen-bond donors (Lipinski definition) is 1. The summed E-state index contributed by atoms with van der Waals surface area (Å²) < 4.78 is 1.83. The predicted octanol–water partition coefficient (Wildman–Crippen LogP) is 3.36. The van der Waals surface area contributed by atoms with Crippen LogP contribution in [0.1, 0.15) is 27.2 Å². The van der Waals surface area contributed by atoms with Gasteiger partial charge in [-0.15, -0.1) is 0 Å². The van der Waals surface area contributed by atoms with E-state index in [2.05, 4.69) is 20.3 Å². The summed E-state index contributed by atoms with van der Waals surface area (Å²) in [5, 5.41) is 3.92. The molecule has 4 aromatic rings. The van der Waals surface area contributed by atoms with Gasteiger partial charge in [-0.1, -0.05) is 17.7 Å². The molecule has 0 fully saturated rings. The number of aryl methyl sites for hydroxylation is 2. The summed E-state index contributed by atoms with van der Waals surface area (Å²) in [5.74, 6) is 0.648. The second-order valence-electron chi connectivity index (χ2n) is 6.49. The van der Waals surface area contributed by atoms with Gasteiger partial charge < -0.3 is 5.32 Å². The third kappa shape index (κ3) is 3.55. The number of imidazole rings is 1. The summed E-state index contributed by atoms with van der Waals surface area (Å²) in [6.07, 6.45) is 6.99. The molecule has 4 rings (SSSR count). The number of nitrogens with zero attached hydrogens (tertiary/aromatic N) is 4. The molecule has 6 heteroatoms. The first-order valence-electron chi connectivity index (χ1n) is 8.69. The zero-order valence-electron chi connectivity index (χ0n) is 15.2. The summed E-state index contributed by atoms with van der Waals surface area (Å²) in [5.41, 5.74) is 4.28. The van der Waals surface area contributed by atoms with Gasteiger partial charge in [0, 0.05) is 30.5 Å². The zero-order valence-corrected chi connectivity index (χ0v) is 15.2. The molecule has 0 aliphatic rings. The largest absolute Gasteiger partial charge is 0.348 e. The Morgan fingerprint density at radius 1 is 1.15 bits per heavy atom. The van der Waals surface area contributed by atoms with Crippen molar-refractivity contribution in [3.8, 4) is 5.82 Å². The molecule has 134 valence electrons. The van der Waals surface area contributed by atoms with Gasteiger partial charge in [0.1, 0.15) is 12.1 Å². The molecule has 3 heterocycles. The molecule has 0 radical (unpaired) electrons. The standard InChI is InChI=1S/C21H19N5O/c1-14-3-5-19-17(9-14)10-18(15(2)25-19)21(27)24-12-16-4-6-20(23-11-16)26-8-7-22-13-26/h3-11,13H,12H2,1-2H3,(H,24,27). The number of carbonyl (C=O) groups is 1. The van der Waals surface area contributed by atoms with Crippen molar-refractivity contribution in [2.24, 2.45) is 0 Å². The van der Waals surface area contributed by atoms with E-state index < -0.39 is 0 Å². The predicted molar refractivity (Wildman–Crippen MR) is 104 cm³/mol. The van der Waals surface area contributed by atoms with Crippen molar-refractivity contribution >= 4 is 16.8 Å².